The fourth-order valence-electron chi connectivity index (χ4n) is 7.14. The van der Waals surface area contributed by atoms with Gasteiger partial charge in [-0.05, 0) is 88.6 Å². The van der Waals surface area contributed by atoms with E-state index in [0.717, 1.165) is 37.8 Å². The van der Waals surface area contributed by atoms with Gasteiger partial charge >= 0.3 is 12.1 Å². The summed E-state index contributed by atoms with van der Waals surface area (Å²) in [5.41, 5.74) is 1.82. The second-order valence-electron chi connectivity index (χ2n) is 14.0. The van der Waals surface area contributed by atoms with E-state index in [9.17, 15) is 19.6 Å². The van der Waals surface area contributed by atoms with Crippen molar-refractivity contribution in [3.63, 3.8) is 0 Å². The number of nitrogens with zero attached hydrogens (tertiary/aromatic N) is 4. The van der Waals surface area contributed by atoms with E-state index < -0.39 is 41.5 Å². The van der Waals surface area contributed by atoms with Gasteiger partial charge in [-0.25, -0.2) is 14.0 Å². The molecule has 3 fully saturated rings. The molecule has 1 aromatic heterocycles. The number of carbonyl (C=O) groups excluding carboxylic acids is 3. The summed E-state index contributed by atoms with van der Waals surface area (Å²) < 4.78 is 31.9. The number of benzene rings is 1. The fraction of sp³-hybridized carbons (Fsp3) is 0.571. The van der Waals surface area contributed by atoms with E-state index in [2.05, 4.69) is 21.3 Å². The van der Waals surface area contributed by atoms with Crippen LogP contribution in [-0.4, -0.2) is 95.4 Å². The lowest BCUT2D eigenvalue weighted by atomic mass is 9.97. The van der Waals surface area contributed by atoms with E-state index in [0.29, 0.717) is 49.0 Å². The van der Waals surface area contributed by atoms with Crippen LogP contribution < -0.4 is 5.32 Å². The summed E-state index contributed by atoms with van der Waals surface area (Å²) in [6, 6.07) is 7.12. The van der Waals surface area contributed by atoms with Gasteiger partial charge in [0.15, 0.2) is 0 Å². The third-order valence-electron chi connectivity index (χ3n) is 9.55. The Labute approximate surface area is 274 Å². The zero-order chi connectivity index (χ0) is 33.3. The van der Waals surface area contributed by atoms with Crippen molar-refractivity contribution in [3.8, 4) is 17.3 Å². The van der Waals surface area contributed by atoms with Gasteiger partial charge in [0.2, 0.25) is 5.91 Å². The second kappa shape index (κ2) is 13.6. The number of halogens is 1. The van der Waals surface area contributed by atoms with Gasteiger partial charge in [0.1, 0.15) is 30.1 Å². The Balaban J connectivity index is 1.13. The SMILES string of the molecule is CC(C)(C)OC(=O)N1C2CC[C@@H](C2)[C@H]1C(=O)N[C@H](C#N)Cc1ccc(-c2cc3c(cn2)C(=O)OCCN(C2COC2)CCC3)cc1F. The molecule has 4 atom stereocenters. The highest BCUT2D eigenvalue weighted by Crippen LogP contribution is 2.43. The normalized spacial score (nSPS) is 24.0. The summed E-state index contributed by atoms with van der Waals surface area (Å²) in [6.07, 6.45) is 4.75. The quantitative estimate of drug-likeness (QED) is 0.462. The molecule has 47 heavy (non-hydrogen) atoms. The summed E-state index contributed by atoms with van der Waals surface area (Å²) in [4.78, 5) is 47.5. The summed E-state index contributed by atoms with van der Waals surface area (Å²) in [5, 5.41) is 12.6. The van der Waals surface area contributed by atoms with Gasteiger partial charge in [-0.1, -0.05) is 12.1 Å². The molecule has 0 spiro atoms. The molecule has 2 bridgehead atoms. The summed E-state index contributed by atoms with van der Waals surface area (Å²) in [7, 11) is 0. The minimum atomic E-state index is -0.998. The highest BCUT2D eigenvalue weighted by molar-refractivity contribution is 5.91. The molecule has 1 aliphatic carbocycles. The van der Waals surface area contributed by atoms with Gasteiger partial charge in [-0.2, -0.15) is 5.26 Å². The maximum absolute atomic E-state index is 15.5. The maximum atomic E-state index is 15.5. The van der Waals surface area contributed by atoms with E-state index in [1.165, 1.54) is 17.2 Å². The summed E-state index contributed by atoms with van der Waals surface area (Å²) in [5.74, 6) is -1.39. The number of nitrogens with one attached hydrogen (secondary N) is 1. The van der Waals surface area contributed by atoms with Gasteiger partial charge in [-0.3, -0.25) is 19.6 Å². The van der Waals surface area contributed by atoms with Gasteiger partial charge in [0, 0.05) is 30.8 Å². The maximum Gasteiger partial charge on any atom is 0.411 e. The van der Waals surface area contributed by atoms with Crippen molar-refractivity contribution in [2.75, 3.05) is 32.9 Å². The molecule has 1 unspecified atom stereocenters. The summed E-state index contributed by atoms with van der Waals surface area (Å²) >= 11 is 0. The van der Waals surface area contributed by atoms with Crippen LogP contribution >= 0.6 is 0 Å². The van der Waals surface area contributed by atoms with E-state index in [1.807, 2.05) is 6.07 Å². The molecule has 4 aliphatic rings. The monoisotopic (exact) mass is 647 g/mol. The minimum absolute atomic E-state index is 0.00682. The molecular formula is C35H42FN5O6. The predicted molar refractivity (Wildman–Crippen MR) is 169 cm³/mol. The highest BCUT2D eigenvalue weighted by atomic mass is 19.1. The number of carbonyl (C=O) groups is 3. The topological polar surface area (TPSA) is 134 Å². The van der Waals surface area contributed by atoms with Crippen LogP contribution in [0.4, 0.5) is 9.18 Å². The van der Waals surface area contributed by atoms with Crippen molar-refractivity contribution >= 4 is 18.0 Å². The second-order valence-corrected chi connectivity index (χ2v) is 14.0. The molecule has 250 valence electrons. The average Bonchev–Trinajstić information content (AvgIpc) is 3.62. The molecule has 2 aromatic rings. The number of hydrogen-bond acceptors (Lipinski definition) is 9. The van der Waals surface area contributed by atoms with Gasteiger partial charge in [0.05, 0.1) is 36.6 Å². The van der Waals surface area contributed by atoms with E-state index in [1.54, 1.807) is 32.9 Å². The third kappa shape index (κ3) is 7.26. The van der Waals surface area contributed by atoms with Crippen molar-refractivity contribution in [1.82, 2.24) is 20.1 Å². The number of fused-ring (bicyclic) bond motifs is 3. The Morgan fingerprint density at radius 3 is 2.70 bits per heavy atom. The number of nitriles is 1. The van der Waals surface area contributed by atoms with Crippen molar-refractivity contribution in [2.24, 2.45) is 5.92 Å². The number of aryl methyl sites for hydroxylation is 1. The number of piperidine rings is 1. The lowest BCUT2D eigenvalue weighted by molar-refractivity contribution is -0.128. The Kier molecular flexibility index (Phi) is 9.48. The van der Waals surface area contributed by atoms with Crippen LogP contribution in [-0.2, 0) is 31.8 Å². The van der Waals surface area contributed by atoms with Gasteiger partial charge in [-0.15, -0.1) is 0 Å². The number of esters is 1. The standard InChI is InChI=1S/C35H42FN5O6/c1-35(2,3)47-34(44)41-26-9-8-24(14-26)31(41)32(42)39-25(17-37)13-22-6-7-23(15-29(22)36)30-16-21-5-4-10-40(27-19-45-20-27)11-12-46-33(43)28(21)18-38-30/h6-7,15-16,18,24-27,31H,4-5,8-14,19-20H2,1-3H3,(H,39,42)/t24-,25-,26?,31-/m0/s1. The lowest BCUT2D eigenvalue weighted by Crippen LogP contribution is -2.55. The number of cyclic esters (lactones) is 1. The number of ether oxygens (including phenoxy) is 3. The minimum Gasteiger partial charge on any atom is -0.461 e. The van der Waals surface area contributed by atoms with Crippen molar-refractivity contribution in [3.05, 3.63) is 53.0 Å². The first kappa shape index (κ1) is 32.8. The average molecular weight is 648 g/mol. The Morgan fingerprint density at radius 1 is 1.19 bits per heavy atom. The molecule has 6 rings (SSSR count). The first-order valence-electron chi connectivity index (χ1n) is 16.5. The van der Waals surface area contributed by atoms with Crippen LogP contribution in [0.3, 0.4) is 0 Å². The lowest BCUT2D eigenvalue weighted by Gasteiger charge is -2.37. The number of aromatic nitrogens is 1. The first-order valence-corrected chi connectivity index (χ1v) is 16.5. The molecule has 2 amide bonds. The summed E-state index contributed by atoms with van der Waals surface area (Å²) in [6.45, 7) is 8.52. The van der Waals surface area contributed by atoms with Crippen LogP contribution in [0.2, 0.25) is 0 Å². The molecule has 2 saturated heterocycles. The smallest absolute Gasteiger partial charge is 0.411 e. The number of rotatable bonds is 6. The molecule has 1 aromatic carbocycles. The van der Waals surface area contributed by atoms with Crippen molar-refractivity contribution in [2.45, 2.75) is 89.1 Å². The third-order valence-corrected chi connectivity index (χ3v) is 9.55. The Hall–Kier alpha value is -4.08. The van der Waals surface area contributed by atoms with Crippen molar-refractivity contribution in [1.29, 1.82) is 5.26 Å². The molecule has 0 radical (unpaired) electrons. The molecule has 1 N–H and O–H groups in total. The van der Waals surface area contributed by atoms with Crippen LogP contribution in [0, 0.1) is 23.1 Å². The number of amides is 2. The highest BCUT2D eigenvalue weighted by Gasteiger charge is 2.52. The number of hydrogen-bond donors (Lipinski definition) is 1. The Bertz CT molecular complexity index is 1570. The number of pyridine rings is 1. The Morgan fingerprint density at radius 2 is 2.00 bits per heavy atom. The van der Waals surface area contributed by atoms with Crippen LogP contribution in [0.1, 0.15) is 67.9 Å². The molecular weight excluding hydrogens is 605 g/mol. The van der Waals surface area contributed by atoms with E-state index >= 15 is 4.39 Å². The molecule has 4 heterocycles. The molecule has 12 heteroatoms. The van der Waals surface area contributed by atoms with Crippen LogP contribution in [0.5, 0.6) is 0 Å². The fourth-order valence-corrected chi connectivity index (χ4v) is 7.14. The molecule has 3 aliphatic heterocycles. The zero-order valence-corrected chi connectivity index (χ0v) is 27.2. The van der Waals surface area contributed by atoms with E-state index in [4.69, 9.17) is 14.2 Å². The van der Waals surface area contributed by atoms with Gasteiger partial charge in [0.25, 0.3) is 0 Å². The first-order chi connectivity index (χ1) is 22.5. The van der Waals surface area contributed by atoms with E-state index in [-0.39, 0.29) is 30.6 Å². The molecule has 11 nitrogen and oxygen atoms in total. The van der Waals surface area contributed by atoms with Crippen molar-refractivity contribution < 1.29 is 33.0 Å². The number of likely N-dealkylation sites (tertiary alicyclic amines) is 1. The largest absolute Gasteiger partial charge is 0.461 e. The predicted octanol–water partition coefficient (Wildman–Crippen LogP) is 4.03. The molecule has 1 saturated carbocycles. The van der Waals surface area contributed by atoms with Gasteiger partial charge < -0.3 is 19.5 Å². The zero-order valence-electron chi connectivity index (χ0n) is 27.2. The van der Waals surface area contributed by atoms with Crippen LogP contribution in [0.25, 0.3) is 11.3 Å². The van der Waals surface area contributed by atoms with Crippen LogP contribution in [0.15, 0.2) is 30.5 Å².